The number of carbonyl (C=O) groups is 2. The molecular weight excluding hydrogens is 418 g/mol. The molecule has 2 heterocycles. The van der Waals surface area contributed by atoms with Crippen molar-refractivity contribution >= 4 is 33.2 Å². The molecule has 2 amide bonds. The van der Waals surface area contributed by atoms with Gasteiger partial charge in [-0.05, 0) is 60.5 Å². The fourth-order valence-corrected chi connectivity index (χ4v) is 4.92. The molecule has 1 aliphatic heterocycles. The van der Waals surface area contributed by atoms with Crippen LogP contribution in [0.4, 0.5) is 11.4 Å². The molecule has 4 rings (SSSR count). The summed E-state index contributed by atoms with van der Waals surface area (Å²) < 4.78 is 30.5. The van der Waals surface area contributed by atoms with Gasteiger partial charge in [0.2, 0.25) is 10.0 Å². The third-order valence-corrected chi connectivity index (χ3v) is 6.77. The van der Waals surface area contributed by atoms with Gasteiger partial charge in [0.05, 0.1) is 17.7 Å². The monoisotopic (exact) mass is 439 g/mol. The van der Waals surface area contributed by atoms with Gasteiger partial charge >= 0.3 is 0 Å². The summed E-state index contributed by atoms with van der Waals surface area (Å²) in [6.07, 6.45) is 2.03. The summed E-state index contributed by atoms with van der Waals surface area (Å²) in [7, 11) is -3.25. The maximum atomic E-state index is 12.5. The lowest BCUT2D eigenvalue weighted by Crippen LogP contribution is -2.25. The number of amides is 2. The number of hydrogen-bond donors (Lipinski definition) is 2. The largest absolute Gasteiger partial charge is 0.459 e. The van der Waals surface area contributed by atoms with Crippen LogP contribution in [0.5, 0.6) is 0 Å². The maximum absolute atomic E-state index is 12.5. The molecule has 3 aromatic rings. The van der Waals surface area contributed by atoms with E-state index in [-0.39, 0.29) is 29.9 Å². The van der Waals surface area contributed by atoms with Gasteiger partial charge in [-0.3, -0.25) is 13.9 Å². The van der Waals surface area contributed by atoms with Crippen molar-refractivity contribution in [3.05, 3.63) is 83.8 Å². The number of rotatable bonds is 6. The quantitative estimate of drug-likeness (QED) is 0.614. The van der Waals surface area contributed by atoms with Crippen LogP contribution in [0.2, 0.25) is 0 Å². The highest BCUT2D eigenvalue weighted by molar-refractivity contribution is 7.93. The highest BCUT2D eigenvalue weighted by Crippen LogP contribution is 2.24. The van der Waals surface area contributed by atoms with Crippen molar-refractivity contribution in [2.75, 3.05) is 21.9 Å². The Morgan fingerprint density at radius 2 is 1.81 bits per heavy atom. The number of sulfonamides is 1. The summed E-state index contributed by atoms with van der Waals surface area (Å²) in [4.78, 5) is 24.6. The van der Waals surface area contributed by atoms with Crippen molar-refractivity contribution in [3.63, 3.8) is 0 Å². The van der Waals surface area contributed by atoms with E-state index in [2.05, 4.69) is 10.6 Å². The standard InChI is InChI=1S/C22H21N3O5S/c26-21(17-7-9-19(10-8-17)25-11-3-13-31(25,28)29)23-15-16-4-1-5-18(14-16)24-22(27)20-6-2-12-30-20/h1-2,4-10,12,14H,3,11,13,15H2,(H,23,26)(H,24,27). The zero-order valence-electron chi connectivity index (χ0n) is 16.6. The number of nitrogens with zero attached hydrogens (tertiary/aromatic N) is 1. The van der Waals surface area contributed by atoms with E-state index in [1.807, 2.05) is 6.07 Å². The van der Waals surface area contributed by atoms with Crippen molar-refractivity contribution in [1.82, 2.24) is 5.32 Å². The molecule has 0 saturated carbocycles. The molecule has 1 fully saturated rings. The minimum absolute atomic E-state index is 0.149. The summed E-state index contributed by atoms with van der Waals surface area (Å²) in [5.74, 6) is -0.271. The van der Waals surface area contributed by atoms with Gasteiger partial charge in [-0.1, -0.05) is 12.1 Å². The highest BCUT2D eigenvalue weighted by Gasteiger charge is 2.28. The zero-order valence-corrected chi connectivity index (χ0v) is 17.4. The van der Waals surface area contributed by atoms with Gasteiger partial charge in [-0.15, -0.1) is 0 Å². The van der Waals surface area contributed by atoms with Gasteiger partial charge in [0, 0.05) is 24.3 Å². The Balaban J connectivity index is 1.36. The number of furan rings is 1. The van der Waals surface area contributed by atoms with Crippen LogP contribution in [0.3, 0.4) is 0 Å². The van der Waals surface area contributed by atoms with Crippen LogP contribution in [0, 0.1) is 0 Å². The molecule has 0 radical (unpaired) electrons. The molecule has 0 atom stereocenters. The Kier molecular flexibility index (Phi) is 5.77. The third kappa shape index (κ3) is 4.77. The second kappa shape index (κ2) is 8.65. The highest BCUT2D eigenvalue weighted by atomic mass is 32.2. The van der Waals surface area contributed by atoms with Crippen molar-refractivity contribution in [2.45, 2.75) is 13.0 Å². The first kappa shape index (κ1) is 20.7. The molecule has 0 bridgehead atoms. The summed E-state index contributed by atoms with van der Waals surface area (Å²) in [5, 5.41) is 5.57. The molecule has 0 aliphatic carbocycles. The van der Waals surface area contributed by atoms with Gasteiger partial charge < -0.3 is 15.1 Å². The van der Waals surface area contributed by atoms with Crippen LogP contribution >= 0.6 is 0 Å². The molecule has 0 spiro atoms. The molecule has 1 saturated heterocycles. The van der Waals surface area contributed by atoms with Crippen LogP contribution in [0.15, 0.2) is 71.3 Å². The normalized spacial score (nSPS) is 14.9. The van der Waals surface area contributed by atoms with Gasteiger partial charge in [-0.2, -0.15) is 0 Å². The fraction of sp³-hybridized carbons (Fsp3) is 0.182. The Morgan fingerprint density at radius 1 is 1.00 bits per heavy atom. The van der Waals surface area contributed by atoms with E-state index >= 15 is 0 Å². The molecule has 2 N–H and O–H groups in total. The minimum Gasteiger partial charge on any atom is -0.459 e. The molecule has 9 heteroatoms. The van der Waals surface area contributed by atoms with Crippen LogP contribution in [0.1, 0.15) is 32.9 Å². The summed E-state index contributed by atoms with van der Waals surface area (Å²) >= 11 is 0. The first-order valence-electron chi connectivity index (χ1n) is 9.75. The third-order valence-electron chi connectivity index (χ3n) is 4.90. The van der Waals surface area contributed by atoms with E-state index in [1.165, 1.54) is 10.6 Å². The predicted molar refractivity (Wildman–Crippen MR) is 116 cm³/mol. The average molecular weight is 439 g/mol. The molecule has 2 aromatic carbocycles. The minimum atomic E-state index is -3.25. The smallest absolute Gasteiger partial charge is 0.291 e. The Bertz CT molecular complexity index is 1190. The van der Waals surface area contributed by atoms with E-state index in [0.717, 1.165) is 5.56 Å². The molecule has 31 heavy (non-hydrogen) atoms. The van der Waals surface area contributed by atoms with Crippen molar-refractivity contribution in [2.24, 2.45) is 0 Å². The average Bonchev–Trinajstić information content (AvgIpc) is 3.42. The predicted octanol–water partition coefficient (Wildman–Crippen LogP) is 3.00. The summed E-state index contributed by atoms with van der Waals surface area (Å²) in [5.41, 5.74) is 2.39. The van der Waals surface area contributed by atoms with E-state index < -0.39 is 10.0 Å². The van der Waals surface area contributed by atoms with E-state index in [9.17, 15) is 18.0 Å². The van der Waals surface area contributed by atoms with Gasteiger partial charge in [0.1, 0.15) is 0 Å². The first-order valence-corrected chi connectivity index (χ1v) is 11.4. The van der Waals surface area contributed by atoms with Crippen molar-refractivity contribution in [1.29, 1.82) is 0 Å². The summed E-state index contributed by atoms with van der Waals surface area (Å²) in [6.45, 7) is 0.728. The SMILES string of the molecule is O=C(NCc1cccc(NC(=O)c2ccco2)c1)c1ccc(N2CCCS2(=O)=O)cc1. The van der Waals surface area contributed by atoms with Gasteiger partial charge in [0.25, 0.3) is 11.8 Å². The lowest BCUT2D eigenvalue weighted by molar-refractivity contribution is 0.0949. The Hall–Kier alpha value is -3.59. The van der Waals surface area contributed by atoms with Crippen LogP contribution < -0.4 is 14.9 Å². The van der Waals surface area contributed by atoms with Crippen molar-refractivity contribution in [3.8, 4) is 0 Å². The molecule has 1 aliphatic rings. The van der Waals surface area contributed by atoms with Crippen LogP contribution in [-0.2, 0) is 16.6 Å². The van der Waals surface area contributed by atoms with E-state index in [0.29, 0.717) is 29.9 Å². The number of nitrogens with one attached hydrogen (secondary N) is 2. The van der Waals surface area contributed by atoms with Crippen molar-refractivity contribution < 1.29 is 22.4 Å². The fourth-order valence-electron chi connectivity index (χ4n) is 3.35. The maximum Gasteiger partial charge on any atom is 0.291 e. The Labute approximate surface area is 179 Å². The van der Waals surface area contributed by atoms with Gasteiger partial charge in [0.15, 0.2) is 5.76 Å². The van der Waals surface area contributed by atoms with E-state index in [1.54, 1.807) is 54.6 Å². The lowest BCUT2D eigenvalue weighted by atomic mass is 10.1. The molecular formula is C22H21N3O5S. The number of anilines is 2. The molecule has 1 aromatic heterocycles. The first-order chi connectivity index (χ1) is 14.9. The lowest BCUT2D eigenvalue weighted by Gasteiger charge is -2.17. The second-order valence-electron chi connectivity index (χ2n) is 7.10. The zero-order chi connectivity index (χ0) is 21.8. The topological polar surface area (TPSA) is 109 Å². The second-order valence-corrected chi connectivity index (χ2v) is 9.12. The molecule has 160 valence electrons. The Morgan fingerprint density at radius 3 is 2.48 bits per heavy atom. The summed E-state index contributed by atoms with van der Waals surface area (Å²) in [6, 6.07) is 16.8. The molecule has 8 nitrogen and oxygen atoms in total. The van der Waals surface area contributed by atoms with Crippen LogP contribution in [-0.4, -0.2) is 32.5 Å². The molecule has 0 unspecified atom stereocenters. The van der Waals surface area contributed by atoms with Gasteiger partial charge in [-0.25, -0.2) is 8.42 Å². The number of benzene rings is 2. The van der Waals surface area contributed by atoms with Crippen LogP contribution in [0.25, 0.3) is 0 Å². The number of hydrogen-bond acceptors (Lipinski definition) is 5. The number of carbonyl (C=O) groups excluding carboxylic acids is 2. The van der Waals surface area contributed by atoms with E-state index in [4.69, 9.17) is 4.42 Å².